The molecule has 0 heterocycles. The maximum absolute atomic E-state index is 3.59. The van der Waals surface area contributed by atoms with Crippen LogP contribution >= 0.6 is 17.0 Å². The fourth-order valence-corrected chi connectivity index (χ4v) is 2.50. The summed E-state index contributed by atoms with van der Waals surface area (Å²) in [6.07, 6.45) is 11.0. The Morgan fingerprint density at radius 1 is 0.500 bits per heavy atom. The predicted octanol–water partition coefficient (Wildman–Crippen LogP) is -2.30. The van der Waals surface area contributed by atoms with Crippen LogP contribution in [-0.2, 0) is 0 Å². The molecular weight excluding hydrogens is 498 g/mol. The van der Waals surface area contributed by atoms with E-state index in [1.54, 1.807) is 0 Å². The first kappa shape index (κ1) is 32.9. The molecule has 3 nitrogen and oxygen atoms in total. The van der Waals surface area contributed by atoms with E-state index in [4.69, 9.17) is 0 Å². The molecule has 0 aliphatic carbocycles. The second-order valence-corrected chi connectivity index (χ2v) is 8.61. The van der Waals surface area contributed by atoms with Gasteiger partial charge in [-0.2, -0.15) is 0 Å². The SMILES string of the molecule is Br.C[N+](C)(C)CCCCCCNCCCCCC[N+](C)(C)C.[Br-].[Br-]. The Balaban J connectivity index is -0.000000667. The predicted molar refractivity (Wildman–Crippen MR) is 106 cm³/mol. The van der Waals surface area contributed by atoms with Gasteiger partial charge in [0.1, 0.15) is 0 Å². The zero-order valence-electron chi connectivity index (χ0n) is 17.0. The zero-order valence-corrected chi connectivity index (χ0v) is 21.9. The number of hydrogen-bond donors (Lipinski definition) is 1. The number of rotatable bonds is 14. The van der Waals surface area contributed by atoms with Crippen LogP contribution in [0.2, 0.25) is 0 Å². The van der Waals surface area contributed by atoms with Crippen LogP contribution in [0.25, 0.3) is 0 Å². The Labute approximate surface area is 184 Å². The summed E-state index contributed by atoms with van der Waals surface area (Å²) in [7, 11) is 13.7. The van der Waals surface area contributed by atoms with Crippen LogP contribution in [0.5, 0.6) is 0 Å². The molecular formula is C18H44Br3N3. The molecule has 0 spiro atoms. The van der Waals surface area contributed by atoms with Gasteiger partial charge in [0.25, 0.3) is 0 Å². The quantitative estimate of drug-likeness (QED) is 0.193. The van der Waals surface area contributed by atoms with Crippen molar-refractivity contribution in [3.63, 3.8) is 0 Å². The summed E-state index contributed by atoms with van der Waals surface area (Å²) >= 11 is 0. The lowest BCUT2D eigenvalue weighted by atomic mass is 10.1. The lowest BCUT2D eigenvalue weighted by molar-refractivity contribution is -0.870. The summed E-state index contributed by atoms with van der Waals surface area (Å²) in [6.45, 7) is 5.04. The average molecular weight is 542 g/mol. The molecule has 6 heteroatoms. The number of unbranched alkanes of at least 4 members (excludes halogenated alkanes) is 6. The van der Waals surface area contributed by atoms with Crippen LogP contribution in [0.3, 0.4) is 0 Å². The van der Waals surface area contributed by atoms with Gasteiger partial charge in [-0.3, -0.25) is 0 Å². The van der Waals surface area contributed by atoms with Crippen molar-refractivity contribution in [1.29, 1.82) is 0 Å². The van der Waals surface area contributed by atoms with Crippen molar-refractivity contribution in [2.24, 2.45) is 0 Å². The second kappa shape index (κ2) is 19.1. The maximum atomic E-state index is 3.59. The molecule has 0 bridgehead atoms. The highest BCUT2D eigenvalue weighted by Crippen LogP contribution is 2.04. The molecule has 0 saturated carbocycles. The summed E-state index contributed by atoms with van der Waals surface area (Å²) < 4.78 is 2.21. The van der Waals surface area contributed by atoms with E-state index in [0.29, 0.717) is 0 Å². The van der Waals surface area contributed by atoms with Gasteiger partial charge in [0.2, 0.25) is 0 Å². The molecule has 152 valence electrons. The molecule has 0 saturated heterocycles. The third kappa shape index (κ3) is 31.1. The standard InChI is InChI=1S/C18H43N3.3BrH/c1-20(2,3)17-13-9-7-11-15-19-16-12-8-10-14-18-21(4,5)6;;;/h19H,7-18H2,1-6H3;3*1H/q+2;;;/p-2. The largest absolute Gasteiger partial charge is 1.00 e. The van der Waals surface area contributed by atoms with Gasteiger partial charge in [-0.05, 0) is 51.6 Å². The molecule has 0 fully saturated rings. The van der Waals surface area contributed by atoms with Gasteiger partial charge in [-0.15, -0.1) is 17.0 Å². The number of hydrogen-bond acceptors (Lipinski definition) is 1. The molecule has 24 heavy (non-hydrogen) atoms. The average Bonchev–Trinajstić information content (AvgIpc) is 2.32. The molecule has 0 rings (SSSR count). The van der Waals surface area contributed by atoms with E-state index in [2.05, 4.69) is 47.6 Å². The van der Waals surface area contributed by atoms with Gasteiger partial charge in [-0.25, -0.2) is 0 Å². The topological polar surface area (TPSA) is 12.0 Å². The summed E-state index contributed by atoms with van der Waals surface area (Å²) in [5, 5.41) is 3.59. The van der Waals surface area contributed by atoms with Crippen LogP contribution in [-0.4, -0.2) is 77.4 Å². The van der Waals surface area contributed by atoms with Gasteiger partial charge < -0.3 is 48.2 Å². The summed E-state index contributed by atoms with van der Waals surface area (Å²) in [4.78, 5) is 0. The Morgan fingerprint density at radius 3 is 1.08 bits per heavy atom. The zero-order chi connectivity index (χ0) is 16.2. The van der Waals surface area contributed by atoms with Crippen molar-refractivity contribution in [2.45, 2.75) is 51.4 Å². The third-order valence-electron chi connectivity index (χ3n) is 3.86. The summed E-state index contributed by atoms with van der Waals surface area (Å²) in [6, 6.07) is 0. The number of nitrogens with one attached hydrogen (secondary N) is 1. The van der Waals surface area contributed by atoms with E-state index in [0.717, 1.165) is 8.97 Å². The molecule has 0 aromatic carbocycles. The van der Waals surface area contributed by atoms with Crippen molar-refractivity contribution >= 4 is 17.0 Å². The van der Waals surface area contributed by atoms with E-state index in [-0.39, 0.29) is 50.9 Å². The molecule has 0 aliphatic heterocycles. The Hall–Kier alpha value is 1.32. The molecule has 0 radical (unpaired) electrons. The van der Waals surface area contributed by atoms with Crippen molar-refractivity contribution in [2.75, 3.05) is 68.5 Å². The van der Waals surface area contributed by atoms with E-state index in [1.807, 2.05) is 0 Å². The maximum Gasteiger partial charge on any atom is 0.0780 e. The van der Waals surface area contributed by atoms with Gasteiger partial charge in [0.05, 0.1) is 55.4 Å². The second-order valence-electron chi connectivity index (χ2n) is 8.61. The van der Waals surface area contributed by atoms with Crippen LogP contribution < -0.4 is 39.3 Å². The molecule has 0 aromatic rings. The Bertz CT molecular complexity index is 215. The number of nitrogens with zero attached hydrogens (tertiary/aromatic N) is 2. The molecule has 0 atom stereocenters. The number of quaternary nitrogens is 2. The molecule has 0 aliphatic rings. The van der Waals surface area contributed by atoms with E-state index < -0.39 is 0 Å². The lowest BCUT2D eigenvalue weighted by Gasteiger charge is -2.23. The highest BCUT2D eigenvalue weighted by molar-refractivity contribution is 8.93. The molecule has 0 amide bonds. The van der Waals surface area contributed by atoms with Crippen molar-refractivity contribution in [1.82, 2.24) is 5.32 Å². The smallest absolute Gasteiger partial charge is 0.0780 e. The first-order valence-corrected chi connectivity index (χ1v) is 9.02. The minimum Gasteiger partial charge on any atom is -1.00 e. The fraction of sp³-hybridized carbons (Fsp3) is 1.00. The summed E-state index contributed by atoms with van der Waals surface area (Å²) in [5.41, 5.74) is 0. The third-order valence-corrected chi connectivity index (χ3v) is 3.86. The van der Waals surface area contributed by atoms with Crippen LogP contribution in [0, 0.1) is 0 Å². The van der Waals surface area contributed by atoms with Crippen LogP contribution in [0.15, 0.2) is 0 Å². The Kier molecular flexibility index (Phi) is 26.2. The van der Waals surface area contributed by atoms with Gasteiger partial charge in [0, 0.05) is 0 Å². The minimum absolute atomic E-state index is 0. The lowest BCUT2D eigenvalue weighted by Crippen LogP contribution is -3.00. The highest BCUT2D eigenvalue weighted by atomic mass is 79.9. The van der Waals surface area contributed by atoms with Gasteiger partial charge in [0.15, 0.2) is 0 Å². The molecule has 0 aromatic heterocycles. The minimum atomic E-state index is 0. The van der Waals surface area contributed by atoms with E-state index in [9.17, 15) is 0 Å². The number of halogens is 3. The first-order chi connectivity index (χ1) is 9.71. The normalized spacial score (nSPS) is 11.2. The van der Waals surface area contributed by atoms with Crippen molar-refractivity contribution in [3.8, 4) is 0 Å². The van der Waals surface area contributed by atoms with Gasteiger partial charge in [-0.1, -0.05) is 12.8 Å². The Morgan fingerprint density at radius 2 is 0.792 bits per heavy atom. The highest BCUT2D eigenvalue weighted by Gasteiger charge is 2.05. The van der Waals surface area contributed by atoms with Crippen LogP contribution in [0.4, 0.5) is 0 Å². The van der Waals surface area contributed by atoms with Gasteiger partial charge >= 0.3 is 0 Å². The van der Waals surface area contributed by atoms with Crippen molar-refractivity contribution < 1.29 is 42.9 Å². The molecule has 1 N–H and O–H groups in total. The first-order valence-electron chi connectivity index (χ1n) is 9.02. The fourth-order valence-electron chi connectivity index (χ4n) is 2.50. The van der Waals surface area contributed by atoms with Crippen molar-refractivity contribution in [3.05, 3.63) is 0 Å². The van der Waals surface area contributed by atoms with E-state index in [1.165, 1.54) is 77.5 Å². The van der Waals surface area contributed by atoms with Crippen LogP contribution in [0.1, 0.15) is 51.4 Å². The molecule has 0 unspecified atom stereocenters. The summed E-state index contributed by atoms with van der Waals surface area (Å²) in [5.74, 6) is 0. The monoisotopic (exact) mass is 539 g/mol. The van der Waals surface area contributed by atoms with E-state index >= 15 is 0 Å².